The molecule has 0 aliphatic carbocycles. The Labute approximate surface area is 210 Å². The van der Waals surface area contributed by atoms with Gasteiger partial charge in [-0.15, -0.1) is 22.7 Å². The van der Waals surface area contributed by atoms with Crippen molar-refractivity contribution < 1.29 is 4.79 Å². The number of carbonyl (C=O) groups excluding carboxylic acids is 1. The third kappa shape index (κ3) is 6.09. The standard InChI is InChI=1S/C21H14BrCl2N3OS3/c22-14-6-4-12(5-7-14)17-10-29-21(26-17)30-11-18(28)27-20-25-9-15(31-20)8-13-2-1-3-16(23)19(13)24/h1-7,9-10H,8,11H2,(H,25,27,28). The second-order valence-corrected chi connectivity index (χ2v) is 11.3. The number of thiazole rings is 2. The molecule has 10 heteroatoms. The molecule has 0 saturated carbocycles. The van der Waals surface area contributed by atoms with Gasteiger partial charge in [0.2, 0.25) is 5.91 Å². The average molecular weight is 571 g/mol. The zero-order valence-corrected chi connectivity index (χ0v) is 21.3. The first kappa shape index (κ1) is 22.8. The molecule has 0 aliphatic heterocycles. The van der Waals surface area contributed by atoms with Crippen molar-refractivity contribution in [2.24, 2.45) is 0 Å². The lowest BCUT2D eigenvalue weighted by atomic mass is 10.1. The van der Waals surface area contributed by atoms with Crippen LogP contribution in [0.3, 0.4) is 0 Å². The molecule has 4 aromatic rings. The van der Waals surface area contributed by atoms with Gasteiger partial charge in [-0.1, -0.05) is 75.2 Å². The molecule has 2 aromatic carbocycles. The van der Waals surface area contributed by atoms with Gasteiger partial charge >= 0.3 is 0 Å². The number of nitrogens with zero attached hydrogens (tertiary/aromatic N) is 2. The molecule has 0 bridgehead atoms. The molecule has 0 aliphatic rings. The minimum atomic E-state index is -0.118. The van der Waals surface area contributed by atoms with Gasteiger partial charge in [0, 0.05) is 32.9 Å². The highest BCUT2D eigenvalue weighted by atomic mass is 79.9. The summed E-state index contributed by atoms with van der Waals surface area (Å²) < 4.78 is 1.88. The van der Waals surface area contributed by atoms with Gasteiger partial charge in [-0.2, -0.15) is 0 Å². The van der Waals surface area contributed by atoms with Crippen LogP contribution in [0.5, 0.6) is 0 Å². The lowest BCUT2D eigenvalue weighted by Crippen LogP contribution is -2.13. The van der Waals surface area contributed by atoms with Crippen molar-refractivity contribution in [3.63, 3.8) is 0 Å². The van der Waals surface area contributed by atoms with Crippen LogP contribution in [0.2, 0.25) is 10.0 Å². The minimum Gasteiger partial charge on any atom is -0.301 e. The number of rotatable bonds is 7. The van der Waals surface area contributed by atoms with E-state index in [1.54, 1.807) is 12.3 Å². The number of anilines is 1. The summed E-state index contributed by atoms with van der Waals surface area (Å²) in [6, 6.07) is 13.5. The van der Waals surface area contributed by atoms with E-state index in [2.05, 4.69) is 31.2 Å². The molecule has 2 aromatic heterocycles. The van der Waals surface area contributed by atoms with Gasteiger partial charge in [-0.3, -0.25) is 4.79 Å². The van der Waals surface area contributed by atoms with Crippen molar-refractivity contribution in [1.29, 1.82) is 0 Å². The monoisotopic (exact) mass is 569 g/mol. The summed E-state index contributed by atoms with van der Waals surface area (Å²) >= 11 is 20.1. The fourth-order valence-corrected chi connectivity index (χ4v) is 5.82. The summed E-state index contributed by atoms with van der Waals surface area (Å²) in [6.45, 7) is 0. The third-order valence-corrected chi connectivity index (χ3v) is 8.47. The first-order valence-electron chi connectivity index (χ1n) is 8.99. The van der Waals surface area contributed by atoms with Gasteiger partial charge in [0.05, 0.1) is 21.5 Å². The summed E-state index contributed by atoms with van der Waals surface area (Å²) in [5.74, 6) is 0.148. The van der Waals surface area contributed by atoms with Crippen LogP contribution in [0.15, 0.2) is 62.9 Å². The van der Waals surface area contributed by atoms with Crippen LogP contribution >= 0.6 is 73.6 Å². The number of carbonyl (C=O) groups is 1. The second kappa shape index (κ2) is 10.5. The van der Waals surface area contributed by atoms with E-state index in [0.29, 0.717) is 21.6 Å². The van der Waals surface area contributed by atoms with Crippen molar-refractivity contribution >= 4 is 84.6 Å². The quantitative estimate of drug-likeness (QED) is 0.232. The van der Waals surface area contributed by atoms with Crippen molar-refractivity contribution in [2.75, 3.05) is 11.1 Å². The Morgan fingerprint density at radius 3 is 2.77 bits per heavy atom. The highest BCUT2D eigenvalue weighted by molar-refractivity contribution is 9.10. The first-order valence-corrected chi connectivity index (χ1v) is 13.2. The Hall–Kier alpha value is -1.42. The van der Waals surface area contributed by atoms with Crippen molar-refractivity contribution in [1.82, 2.24) is 9.97 Å². The fraction of sp³-hybridized carbons (Fsp3) is 0.0952. The van der Waals surface area contributed by atoms with E-state index in [1.807, 2.05) is 41.8 Å². The number of amides is 1. The number of halogens is 3. The Kier molecular flexibility index (Phi) is 7.68. The van der Waals surface area contributed by atoms with E-state index < -0.39 is 0 Å². The number of aromatic nitrogens is 2. The molecule has 4 rings (SSSR count). The van der Waals surface area contributed by atoms with Gasteiger partial charge in [0.15, 0.2) is 9.47 Å². The Bertz CT molecular complexity index is 1210. The molecule has 158 valence electrons. The van der Waals surface area contributed by atoms with Gasteiger partial charge in [0.25, 0.3) is 0 Å². The van der Waals surface area contributed by atoms with Gasteiger partial charge < -0.3 is 5.32 Å². The molecule has 0 atom stereocenters. The van der Waals surface area contributed by atoms with E-state index in [1.165, 1.54) is 34.4 Å². The molecule has 0 unspecified atom stereocenters. The van der Waals surface area contributed by atoms with E-state index >= 15 is 0 Å². The Morgan fingerprint density at radius 1 is 1.16 bits per heavy atom. The maximum atomic E-state index is 12.3. The summed E-state index contributed by atoms with van der Waals surface area (Å²) in [4.78, 5) is 22.2. The highest BCUT2D eigenvalue weighted by Gasteiger charge is 2.12. The van der Waals surface area contributed by atoms with Crippen molar-refractivity contribution in [2.45, 2.75) is 10.8 Å². The van der Waals surface area contributed by atoms with Gasteiger partial charge in [-0.05, 0) is 23.8 Å². The van der Waals surface area contributed by atoms with Crippen molar-refractivity contribution in [3.05, 3.63) is 79.0 Å². The third-order valence-electron chi connectivity index (χ3n) is 4.15. The number of hydrogen-bond acceptors (Lipinski definition) is 6. The molecule has 1 N–H and O–H groups in total. The predicted molar refractivity (Wildman–Crippen MR) is 136 cm³/mol. The van der Waals surface area contributed by atoms with Crippen molar-refractivity contribution in [3.8, 4) is 11.3 Å². The van der Waals surface area contributed by atoms with Crippen LogP contribution in [0.1, 0.15) is 10.4 Å². The molecular formula is C21H14BrCl2N3OS3. The largest absolute Gasteiger partial charge is 0.301 e. The number of nitrogens with one attached hydrogen (secondary N) is 1. The molecule has 0 saturated heterocycles. The molecule has 1 amide bonds. The number of benzene rings is 2. The topological polar surface area (TPSA) is 54.9 Å². The molecule has 0 fully saturated rings. The molecule has 2 heterocycles. The lowest BCUT2D eigenvalue weighted by Gasteiger charge is -2.03. The maximum absolute atomic E-state index is 12.3. The van der Waals surface area contributed by atoms with Crippen LogP contribution in [0.25, 0.3) is 11.3 Å². The van der Waals surface area contributed by atoms with Gasteiger partial charge in [-0.25, -0.2) is 9.97 Å². The summed E-state index contributed by atoms with van der Waals surface area (Å²) in [6.07, 6.45) is 2.36. The summed E-state index contributed by atoms with van der Waals surface area (Å²) in [5.41, 5.74) is 2.88. The molecule has 0 spiro atoms. The second-order valence-electron chi connectivity index (χ2n) is 6.36. The Morgan fingerprint density at radius 2 is 1.97 bits per heavy atom. The van der Waals surface area contributed by atoms with E-state index in [-0.39, 0.29) is 11.7 Å². The SMILES string of the molecule is O=C(CSc1nc(-c2ccc(Br)cc2)cs1)Nc1ncc(Cc2cccc(Cl)c2Cl)s1. The van der Waals surface area contributed by atoms with Crippen LogP contribution in [-0.2, 0) is 11.2 Å². The van der Waals surface area contributed by atoms with E-state index in [4.69, 9.17) is 23.2 Å². The maximum Gasteiger partial charge on any atom is 0.236 e. The summed E-state index contributed by atoms with van der Waals surface area (Å²) in [7, 11) is 0. The smallest absolute Gasteiger partial charge is 0.236 e. The van der Waals surface area contributed by atoms with E-state index in [9.17, 15) is 4.79 Å². The molecule has 0 radical (unpaired) electrons. The highest BCUT2D eigenvalue weighted by Crippen LogP contribution is 2.31. The number of hydrogen-bond donors (Lipinski definition) is 1. The lowest BCUT2D eigenvalue weighted by molar-refractivity contribution is -0.113. The fourth-order valence-electron chi connectivity index (χ4n) is 2.68. The first-order chi connectivity index (χ1) is 15.0. The predicted octanol–water partition coefficient (Wildman–Crippen LogP) is 7.66. The van der Waals surface area contributed by atoms with Crippen LogP contribution in [0, 0.1) is 0 Å². The number of thioether (sulfide) groups is 1. The minimum absolute atomic E-state index is 0.118. The normalized spacial score (nSPS) is 10.9. The van der Waals surface area contributed by atoms with E-state index in [0.717, 1.165) is 30.5 Å². The Balaban J connectivity index is 1.31. The molecule has 31 heavy (non-hydrogen) atoms. The molecule has 4 nitrogen and oxygen atoms in total. The van der Waals surface area contributed by atoms with Crippen LogP contribution < -0.4 is 5.32 Å². The summed E-state index contributed by atoms with van der Waals surface area (Å²) in [5, 5.41) is 6.48. The zero-order chi connectivity index (χ0) is 21.8. The van der Waals surface area contributed by atoms with Crippen LogP contribution in [0.4, 0.5) is 5.13 Å². The average Bonchev–Trinajstić information content (AvgIpc) is 3.40. The van der Waals surface area contributed by atoms with Gasteiger partial charge in [0.1, 0.15) is 0 Å². The molecular weight excluding hydrogens is 557 g/mol. The van der Waals surface area contributed by atoms with Crippen LogP contribution in [-0.4, -0.2) is 21.6 Å². The zero-order valence-electron chi connectivity index (χ0n) is 15.8.